The predicted octanol–water partition coefficient (Wildman–Crippen LogP) is 6.83. The highest BCUT2D eigenvalue weighted by atomic mass is 19.4. The summed E-state index contributed by atoms with van der Waals surface area (Å²) in [4.78, 5) is 20.5. The van der Waals surface area contributed by atoms with Crippen molar-refractivity contribution in [2.24, 2.45) is 4.99 Å². The van der Waals surface area contributed by atoms with Crippen LogP contribution in [0.25, 0.3) is 0 Å². The van der Waals surface area contributed by atoms with Crippen LogP contribution in [0.15, 0.2) is 95.8 Å². The van der Waals surface area contributed by atoms with E-state index in [9.17, 15) is 23.1 Å². The molecule has 11 heteroatoms. The summed E-state index contributed by atoms with van der Waals surface area (Å²) in [7, 11) is 1.68. The molecular weight excluding hydrogens is 593 g/mol. The monoisotopic (exact) mass is 634 g/mol. The average molecular weight is 635 g/mol. The number of nitrogens with one attached hydrogen (secondary N) is 3. The molecule has 4 rings (SSSR count). The van der Waals surface area contributed by atoms with E-state index in [0.717, 1.165) is 12.0 Å². The number of rotatable bonds is 13. The number of alkyl halides is 3. The number of benzene rings is 3. The second kappa shape index (κ2) is 15.0. The van der Waals surface area contributed by atoms with Crippen molar-refractivity contribution in [3.05, 3.63) is 113 Å². The van der Waals surface area contributed by atoms with Crippen molar-refractivity contribution in [2.45, 2.75) is 46.0 Å². The number of halogens is 3. The minimum atomic E-state index is -4.73. The number of amidine groups is 1. The smallest absolute Gasteiger partial charge is 0.388 e. The topological polar surface area (TPSA) is 92.2 Å². The number of fused-ring (bicyclic) bond motifs is 1. The van der Waals surface area contributed by atoms with Gasteiger partial charge in [0, 0.05) is 60.8 Å². The van der Waals surface area contributed by atoms with Crippen LogP contribution in [0.5, 0.6) is 0 Å². The molecule has 0 radical (unpaired) electrons. The van der Waals surface area contributed by atoms with Gasteiger partial charge in [0.05, 0.1) is 16.9 Å². The number of nitrogens with zero attached hydrogens (tertiary/aromatic N) is 3. The Morgan fingerprint density at radius 3 is 2.43 bits per heavy atom. The van der Waals surface area contributed by atoms with Crippen LogP contribution >= 0.6 is 0 Å². The number of aliphatic hydroxyl groups excluding tert-OH is 1. The molecule has 1 aliphatic rings. The summed E-state index contributed by atoms with van der Waals surface area (Å²) in [5.74, 6) is -0.181. The van der Waals surface area contributed by atoms with Crippen LogP contribution in [0.2, 0.25) is 0 Å². The lowest BCUT2D eigenvalue weighted by molar-refractivity contribution is -0.137. The molecule has 46 heavy (non-hydrogen) atoms. The van der Waals surface area contributed by atoms with Crippen LogP contribution in [0.4, 0.5) is 30.2 Å². The molecule has 0 aromatic heterocycles. The molecule has 0 saturated carbocycles. The predicted molar refractivity (Wildman–Crippen MR) is 178 cm³/mol. The lowest BCUT2D eigenvalue weighted by Crippen LogP contribution is -2.42. The summed E-state index contributed by atoms with van der Waals surface area (Å²) in [5, 5.41) is 19.5. The van der Waals surface area contributed by atoms with Gasteiger partial charge in [0.15, 0.2) is 0 Å². The van der Waals surface area contributed by atoms with Crippen molar-refractivity contribution in [2.75, 3.05) is 37.1 Å². The Morgan fingerprint density at radius 2 is 1.78 bits per heavy atom. The van der Waals surface area contributed by atoms with Gasteiger partial charge >= 0.3 is 6.18 Å². The first-order chi connectivity index (χ1) is 22.0. The Bertz CT molecular complexity index is 1600. The van der Waals surface area contributed by atoms with E-state index in [2.05, 4.69) is 22.5 Å². The van der Waals surface area contributed by atoms with Crippen molar-refractivity contribution in [3.63, 3.8) is 0 Å². The fraction of sp³-hybridized carbons (Fsp3) is 0.314. The highest BCUT2D eigenvalue weighted by Crippen LogP contribution is 2.43. The third kappa shape index (κ3) is 7.89. The van der Waals surface area contributed by atoms with Crippen LogP contribution in [-0.2, 0) is 11.0 Å². The van der Waals surface area contributed by atoms with Crippen LogP contribution in [0.3, 0.4) is 0 Å². The van der Waals surface area contributed by atoms with E-state index in [1.54, 1.807) is 56.1 Å². The Morgan fingerprint density at radius 1 is 1.09 bits per heavy atom. The molecule has 0 fully saturated rings. The van der Waals surface area contributed by atoms with Gasteiger partial charge in [-0.25, -0.2) is 4.99 Å². The number of aryl methyl sites for hydroxylation is 1. The maximum atomic E-state index is 14.8. The van der Waals surface area contributed by atoms with Gasteiger partial charge in [-0.3, -0.25) is 4.79 Å². The fourth-order valence-electron chi connectivity index (χ4n) is 5.46. The van der Waals surface area contributed by atoms with Crippen molar-refractivity contribution in [1.82, 2.24) is 15.5 Å². The molecule has 8 nitrogen and oxygen atoms in total. The average Bonchev–Trinajstić information content (AvgIpc) is 3.02. The molecule has 0 bridgehead atoms. The van der Waals surface area contributed by atoms with Crippen molar-refractivity contribution in [3.8, 4) is 0 Å². The Kier molecular flexibility index (Phi) is 11.1. The van der Waals surface area contributed by atoms with Gasteiger partial charge in [0.25, 0.3) is 0 Å². The van der Waals surface area contributed by atoms with Crippen LogP contribution in [-0.4, -0.2) is 48.6 Å². The number of carbonyl (C=O) groups is 1. The summed E-state index contributed by atoms with van der Waals surface area (Å²) in [5.41, 5.74) is 2.49. The number of carbonyl (C=O) groups excluding carboxylic acids is 1. The van der Waals surface area contributed by atoms with E-state index in [-0.39, 0.29) is 36.0 Å². The number of hydrogen-bond acceptors (Lipinski definition) is 7. The summed E-state index contributed by atoms with van der Waals surface area (Å²) >= 11 is 0. The Labute approximate surface area is 268 Å². The lowest BCUT2D eigenvalue weighted by Gasteiger charge is -2.38. The zero-order valence-electron chi connectivity index (χ0n) is 26.6. The molecule has 1 heterocycles. The number of amides is 1. The maximum absolute atomic E-state index is 14.8. The third-order valence-electron chi connectivity index (χ3n) is 7.65. The van der Waals surface area contributed by atoms with Crippen molar-refractivity contribution >= 4 is 28.8 Å². The molecule has 0 saturated heterocycles. The van der Waals surface area contributed by atoms with E-state index in [1.807, 2.05) is 37.3 Å². The van der Waals surface area contributed by atoms with E-state index < -0.39 is 24.6 Å². The number of hydrogen-bond donors (Lipinski definition) is 4. The standard InChI is InChI=1S/C35H41F3N6O2/c1-6-19-39-26(21-30(46)41-25-13-9-8-10-14-25)20-24(4)40-33-27-15-11-12-16-29(27)42-34(43(33)5)28-18-17-23(3)32(44(7-2)22-45)31(28)35(36,37)38/h8-18,21,33,39-40,45H,4,6-7,19-20,22H2,1-3,5H3,(H,41,46)/b26-21+. The van der Waals surface area contributed by atoms with Gasteiger partial charge in [0.2, 0.25) is 5.91 Å². The van der Waals surface area contributed by atoms with E-state index in [1.165, 1.54) is 17.0 Å². The second-order valence-electron chi connectivity index (χ2n) is 11.0. The summed E-state index contributed by atoms with van der Waals surface area (Å²) in [6.45, 7) is 9.78. The van der Waals surface area contributed by atoms with Gasteiger partial charge < -0.3 is 30.9 Å². The molecule has 1 aliphatic heterocycles. The van der Waals surface area contributed by atoms with E-state index >= 15 is 0 Å². The number of para-hydroxylation sites is 2. The number of anilines is 2. The van der Waals surface area contributed by atoms with Gasteiger partial charge in [-0.1, -0.05) is 62.0 Å². The molecule has 0 spiro atoms. The molecule has 1 unspecified atom stereocenters. The molecule has 244 valence electrons. The number of aliphatic imine (C=N–C) groups is 1. The van der Waals surface area contributed by atoms with Crippen molar-refractivity contribution < 1.29 is 23.1 Å². The van der Waals surface area contributed by atoms with Gasteiger partial charge in [-0.2, -0.15) is 13.2 Å². The Hall–Kier alpha value is -4.77. The van der Waals surface area contributed by atoms with Gasteiger partial charge in [0.1, 0.15) is 18.7 Å². The van der Waals surface area contributed by atoms with Crippen LogP contribution in [0, 0.1) is 6.92 Å². The number of aliphatic hydroxyl groups is 1. The second-order valence-corrected chi connectivity index (χ2v) is 11.0. The first kappa shape index (κ1) is 34.1. The van der Waals surface area contributed by atoms with Crippen LogP contribution in [0.1, 0.15) is 55.1 Å². The molecule has 3 aromatic rings. The summed E-state index contributed by atoms with van der Waals surface area (Å²) in [6, 6.07) is 19.4. The molecular formula is C35H41F3N6O2. The molecule has 1 amide bonds. The van der Waals surface area contributed by atoms with Gasteiger partial charge in [-0.05, 0) is 44.0 Å². The fourth-order valence-corrected chi connectivity index (χ4v) is 5.46. The quantitative estimate of drug-likeness (QED) is 0.122. The van der Waals surface area contributed by atoms with E-state index in [4.69, 9.17) is 4.99 Å². The van der Waals surface area contributed by atoms with E-state index in [0.29, 0.717) is 34.9 Å². The third-order valence-corrected chi connectivity index (χ3v) is 7.65. The highest BCUT2D eigenvalue weighted by Gasteiger charge is 2.41. The van der Waals surface area contributed by atoms with Gasteiger partial charge in [-0.15, -0.1) is 0 Å². The SMILES string of the molecule is C=C(C/C(=C\C(=O)Nc1ccccc1)NCCC)NC1c2ccccc2N=C(c2ccc(C)c(N(CC)CO)c2C(F)(F)F)N1C. The summed E-state index contributed by atoms with van der Waals surface area (Å²) < 4.78 is 44.5. The summed E-state index contributed by atoms with van der Waals surface area (Å²) in [6.07, 6.45) is -2.75. The normalized spacial score (nSPS) is 14.7. The minimum absolute atomic E-state index is 0.0792. The first-order valence-corrected chi connectivity index (χ1v) is 15.2. The molecule has 1 atom stereocenters. The zero-order chi connectivity index (χ0) is 33.4. The molecule has 0 aliphatic carbocycles. The van der Waals surface area contributed by atoms with Crippen LogP contribution < -0.4 is 20.9 Å². The minimum Gasteiger partial charge on any atom is -0.388 e. The highest BCUT2D eigenvalue weighted by molar-refractivity contribution is 6.04. The first-order valence-electron chi connectivity index (χ1n) is 15.2. The van der Waals surface area contributed by atoms with Crippen molar-refractivity contribution in [1.29, 1.82) is 0 Å². The Balaban J connectivity index is 1.68. The molecule has 4 N–H and O–H groups in total. The maximum Gasteiger partial charge on any atom is 0.419 e. The molecule has 3 aromatic carbocycles. The largest absolute Gasteiger partial charge is 0.419 e. The lowest BCUT2D eigenvalue weighted by atomic mass is 9.96. The zero-order valence-corrected chi connectivity index (χ0v) is 26.6.